The zero-order valence-corrected chi connectivity index (χ0v) is 16.2. The van der Waals surface area contributed by atoms with Crippen LogP contribution in [0.3, 0.4) is 0 Å². The first kappa shape index (κ1) is 18.1. The highest BCUT2D eigenvalue weighted by atomic mass is 32.2. The van der Waals surface area contributed by atoms with Gasteiger partial charge in [-0.3, -0.25) is 9.10 Å². The van der Waals surface area contributed by atoms with Crippen molar-refractivity contribution in [1.82, 2.24) is 0 Å². The maximum atomic E-state index is 12.7. The van der Waals surface area contributed by atoms with Crippen LogP contribution in [0.2, 0.25) is 0 Å². The topological polar surface area (TPSA) is 75.7 Å². The van der Waals surface area contributed by atoms with Gasteiger partial charge in [-0.25, -0.2) is 8.42 Å². The van der Waals surface area contributed by atoms with Gasteiger partial charge in [0.1, 0.15) is 5.75 Å². The molecule has 0 radical (unpaired) electrons. The molecule has 1 amide bonds. The van der Waals surface area contributed by atoms with Crippen LogP contribution in [0.5, 0.6) is 5.75 Å². The van der Waals surface area contributed by atoms with Gasteiger partial charge in [-0.1, -0.05) is 18.2 Å². The second-order valence-corrected chi connectivity index (χ2v) is 8.32. The maximum absolute atomic E-state index is 12.7. The van der Waals surface area contributed by atoms with Crippen LogP contribution in [0, 0.1) is 0 Å². The molecule has 1 aliphatic rings. The molecule has 0 spiro atoms. The average Bonchev–Trinajstić information content (AvgIpc) is 2.72. The summed E-state index contributed by atoms with van der Waals surface area (Å²) in [6.07, 6.45) is 0. The lowest BCUT2D eigenvalue weighted by atomic mass is 10.00. The molecule has 1 aliphatic heterocycles. The number of nitrogens with zero attached hydrogens (tertiary/aromatic N) is 1. The Bertz CT molecular complexity index is 1170. The van der Waals surface area contributed by atoms with E-state index in [0.717, 1.165) is 0 Å². The minimum Gasteiger partial charge on any atom is -0.497 e. The molecule has 4 rings (SSSR count). The van der Waals surface area contributed by atoms with Crippen molar-refractivity contribution in [2.24, 2.45) is 0 Å². The molecule has 0 atom stereocenters. The fourth-order valence-electron chi connectivity index (χ4n) is 3.24. The summed E-state index contributed by atoms with van der Waals surface area (Å²) in [7, 11) is -0.507. The van der Waals surface area contributed by atoms with Crippen molar-refractivity contribution in [2.75, 3.05) is 23.8 Å². The normalized spacial score (nSPS) is 14.0. The summed E-state index contributed by atoms with van der Waals surface area (Å²) in [4.78, 5) is 12.9. The molecule has 0 aromatic heterocycles. The van der Waals surface area contributed by atoms with Gasteiger partial charge in [0.05, 0.1) is 17.7 Å². The van der Waals surface area contributed by atoms with Crippen LogP contribution in [-0.2, 0) is 10.0 Å². The van der Waals surface area contributed by atoms with E-state index >= 15 is 0 Å². The molecular formula is C21H18N2O4S. The minimum atomic E-state index is -3.60. The monoisotopic (exact) mass is 394 g/mol. The Kier molecular flexibility index (Phi) is 4.31. The van der Waals surface area contributed by atoms with Crippen LogP contribution in [0.15, 0.2) is 71.6 Å². The molecule has 1 N–H and O–H groups in total. The Labute approximate surface area is 163 Å². The average molecular weight is 394 g/mol. The van der Waals surface area contributed by atoms with Crippen molar-refractivity contribution in [2.45, 2.75) is 4.90 Å². The molecule has 0 fully saturated rings. The zero-order chi connectivity index (χ0) is 19.9. The number of hydrogen-bond donors (Lipinski definition) is 1. The minimum absolute atomic E-state index is 0.234. The molecule has 142 valence electrons. The number of nitrogens with one attached hydrogen (secondary N) is 1. The number of carbonyl (C=O) groups excluding carboxylic acids is 1. The number of methoxy groups -OCH3 is 1. The largest absolute Gasteiger partial charge is 0.497 e. The molecule has 3 aromatic rings. The Morgan fingerprint density at radius 1 is 0.964 bits per heavy atom. The summed E-state index contributed by atoms with van der Waals surface area (Å²) in [5.41, 5.74) is 2.92. The Morgan fingerprint density at radius 3 is 2.39 bits per heavy atom. The number of benzene rings is 3. The summed E-state index contributed by atoms with van der Waals surface area (Å²) in [5, 5.41) is 2.84. The molecule has 0 saturated carbocycles. The first-order valence-electron chi connectivity index (χ1n) is 8.59. The van der Waals surface area contributed by atoms with Crippen molar-refractivity contribution >= 4 is 27.3 Å². The first-order chi connectivity index (χ1) is 13.4. The zero-order valence-electron chi connectivity index (χ0n) is 15.3. The molecule has 1 heterocycles. The highest BCUT2D eigenvalue weighted by Gasteiger charge is 2.32. The number of carbonyl (C=O) groups is 1. The van der Waals surface area contributed by atoms with Gasteiger partial charge in [-0.2, -0.15) is 0 Å². The van der Waals surface area contributed by atoms with E-state index in [-0.39, 0.29) is 10.8 Å². The molecular weight excluding hydrogens is 376 g/mol. The van der Waals surface area contributed by atoms with Gasteiger partial charge in [0, 0.05) is 29.4 Å². The second kappa shape index (κ2) is 6.69. The SMILES string of the molecule is COc1ccc(NC(=O)c2ccc3c(c2)-c2ccccc2S(=O)(=O)N3C)cc1. The predicted molar refractivity (Wildman–Crippen MR) is 108 cm³/mol. The number of amides is 1. The lowest BCUT2D eigenvalue weighted by Gasteiger charge is -2.29. The third-order valence-corrected chi connectivity index (χ3v) is 6.59. The van der Waals surface area contributed by atoms with Gasteiger partial charge in [-0.05, 0) is 48.5 Å². The van der Waals surface area contributed by atoms with Gasteiger partial charge in [0.25, 0.3) is 15.9 Å². The van der Waals surface area contributed by atoms with Crippen LogP contribution >= 0.6 is 0 Å². The molecule has 0 unspecified atom stereocenters. The fraction of sp³-hybridized carbons (Fsp3) is 0.0952. The van der Waals surface area contributed by atoms with Crippen LogP contribution in [0.4, 0.5) is 11.4 Å². The number of rotatable bonds is 3. The van der Waals surface area contributed by atoms with Crippen molar-refractivity contribution in [1.29, 1.82) is 0 Å². The van der Waals surface area contributed by atoms with E-state index in [4.69, 9.17) is 4.74 Å². The highest BCUT2D eigenvalue weighted by Crippen LogP contribution is 2.42. The van der Waals surface area contributed by atoms with Gasteiger partial charge < -0.3 is 10.1 Å². The van der Waals surface area contributed by atoms with E-state index < -0.39 is 10.0 Å². The van der Waals surface area contributed by atoms with Crippen molar-refractivity contribution in [3.05, 3.63) is 72.3 Å². The van der Waals surface area contributed by atoms with Gasteiger partial charge in [0.15, 0.2) is 0 Å². The van der Waals surface area contributed by atoms with Crippen LogP contribution < -0.4 is 14.4 Å². The Balaban J connectivity index is 1.72. The summed E-state index contributed by atoms with van der Waals surface area (Å²) in [6.45, 7) is 0. The lowest BCUT2D eigenvalue weighted by Crippen LogP contribution is -2.30. The summed E-state index contributed by atoms with van der Waals surface area (Å²) in [5.74, 6) is 0.425. The van der Waals surface area contributed by atoms with E-state index in [1.807, 2.05) is 0 Å². The molecule has 0 aliphatic carbocycles. The number of ether oxygens (including phenoxy) is 1. The number of anilines is 2. The maximum Gasteiger partial charge on any atom is 0.264 e. The molecule has 0 saturated heterocycles. The number of hydrogen-bond acceptors (Lipinski definition) is 4. The standard InChI is InChI=1S/C21H18N2O4S/c1-23-19-12-7-14(21(24)22-15-8-10-16(27-2)11-9-15)13-18(19)17-5-3-4-6-20(17)28(23,25)26/h3-13H,1-2H3,(H,22,24). The predicted octanol–water partition coefficient (Wildman–Crippen LogP) is 3.75. The Morgan fingerprint density at radius 2 is 1.68 bits per heavy atom. The van der Waals surface area contributed by atoms with E-state index in [1.165, 1.54) is 11.4 Å². The van der Waals surface area contributed by atoms with E-state index in [0.29, 0.717) is 33.8 Å². The van der Waals surface area contributed by atoms with Crippen molar-refractivity contribution in [3.8, 4) is 16.9 Å². The summed E-state index contributed by atoms with van der Waals surface area (Å²) >= 11 is 0. The van der Waals surface area contributed by atoms with Crippen molar-refractivity contribution < 1.29 is 17.9 Å². The first-order valence-corrected chi connectivity index (χ1v) is 10.0. The molecule has 3 aromatic carbocycles. The molecule has 7 heteroatoms. The summed E-state index contributed by atoms with van der Waals surface area (Å²) < 4.78 is 31.8. The van der Waals surface area contributed by atoms with Gasteiger partial charge in [0.2, 0.25) is 0 Å². The van der Waals surface area contributed by atoms with Crippen LogP contribution in [-0.4, -0.2) is 28.5 Å². The second-order valence-electron chi connectivity index (χ2n) is 6.38. The fourth-order valence-corrected chi connectivity index (χ4v) is 4.66. The number of sulfonamides is 1. The quantitative estimate of drug-likeness (QED) is 0.734. The van der Waals surface area contributed by atoms with Crippen LogP contribution in [0.25, 0.3) is 11.1 Å². The van der Waals surface area contributed by atoms with E-state index in [2.05, 4.69) is 5.32 Å². The third-order valence-electron chi connectivity index (χ3n) is 4.76. The smallest absolute Gasteiger partial charge is 0.264 e. The molecule has 28 heavy (non-hydrogen) atoms. The third kappa shape index (κ3) is 2.90. The lowest BCUT2D eigenvalue weighted by molar-refractivity contribution is 0.102. The van der Waals surface area contributed by atoms with Gasteiger partial charge in [-0.15, -0.1) is 0 Å². The van der Waals surface area contributed by atoms with E-state index in [9.17, 15) is 13.2 Å². The summed E-state index contributed by atoms with van der Waals surface area (Å²) in [6, 6.07) is 18.8. The van der Waals surface area contributed by atoms with E-state index in [1.54, 1.807) is 73.8 Å². The Hall–Kier alpha value is -3.32. The number of fused-ring (bicyclic) bond motifs is 3. The molecule has 6 nitrogen and oxygen atoms in total. The van der Waals surface area contributed by atoms with Crippen molar-refractivity contribution in [3.63, 3.8) is 0 Å². The van der Waals surface area contributed by atoms with Gasteiger partial charge >= 0.3 is 0 Å². The highest BCUT2D eigenvalue weighted by molar-refractivity contribution is 7.93. The van der Waals surface area contributed by atoms with Crippen LogP contribution in [0.1, 0.15) is 10.4 Å². The molecule has 0 bridgehead atoms.